The Hall–Kier alpha value is -0.630. The molecule has 4 amide bonds. The zero-order valence-electron chi connectivity index (χ0n) is 8.76. The molecule has 0 spiro atoms. The minimum atomic E-state index is -0.638. The molecule has 0 heterocycles. The molecule has 0 rings (SSSR count). The Balaban J connectivity index is 4.47. The van der Waals surface area contributed by atoms with Gasteiger partial charge in [0.15, 0.2) is 0 Å². The van der Waals surface area contributed by atoms with Crippen molar-refractivity contribution < 1.29 is 14.4 Å². The van der Waals surface area contributed by atoms with Gasteiger partial charge in [0.05, 0.1) is 10.7 Å². The maximum absolute atomic E-state index is 11.5. The molecule has 0 aromatic rings. The molecule has 0 atom stereocenters. The Kier molecular flexibility index (Phi) is 8.18. The molecular formula is C8H13Br2N3O3. The van der Waals surface area contributed by atoms with E-state index in [0.29, 0.717) is 11.6 Å². The van der Waals surface area contributed by atoms with Crippen molar-refractivity contribution >= 4 is 49.7 Å². The average molecular weight is 359 g/mol. The smallest absolute Gasteiger partial charge is 0.336 e. The first-order valence-electron chi connectivity index (χ1n) is 4.59. The fourth-order valence-corrected chi connectivity index (χ4v) is 1.13. The first kappa shape index (κ1) is 15.4. The van der Waals surface area contributed by atoms with Crippen LogP contribution >= 0.6 is 31.9 Å². The Morgan fingerprint density at radius 1 is 1.19 bits per heavy atom. The van der Waals surface area contributed by atoms with Crippen LogP contribution in [0.1, 0.15) is 13.3 Å². The van der Waals surface area contributed by atoms with Crippen molar-refractivity contribution in [3.05, 3.63) is 0 Å². The standard InChI is InChI=1S/C8H13Br2N3O3/c1-2-3-11-8(16)13(7(15)5-10)12-6(14)4-9/h2-5H2,1H3,(H,11,16)(H,12,14). The van der Waals surface area contributed by atoms with E-state index in [2.05, 4.69) is 42.6 Å². The van der Waals surface area contributed by atoms with Gasteiger partial charge in [-0.1, -0.05) is 38.8 Å². The molecule has 8 heteroatoms. The summed E-state index contributed by atoms with van der Waals surface area (Å²) in [6.07, 6.45) is 0.745. The molecule has 0 aromatic carbocycles. The largest absolute Gasteiger partial charge is 0.343 e. The molecule has 0 fully saturated rings. The number of hydrazine groups is 1. The number of carbonyl (C=O) groups excluding carboxylic acids is 3. The lowest BCUT2D eigenvalue weighted by molar-refractivity contribution is -0.134. The summed E-state index contributed by atoms with van der Waals surface area (Å²) < 4.78 is 0. The number of rotatable bonds is 4. The average Bonchev–Trinajstić information content (AvgIpc) is 2.31. The highest BCUT2D eigenvalue weighted by Gasteiger charge is 2.21. The maximum Gasteiger partial charge on any atom is 0.343 e. The van der Waals surface area contributed by atoms with Gasteiger partial charge in [-0.15, -0.1) is 0 Å². The van der Waals surface area contributed by atoms with Crippen LogP contribution in [0.5, 0.6) is 0 Å². The number of halogens is 2. The van der Waals surface area contributed by atoms with Crippen molar-refractivity contribution in [2.45, 2.75) is 13.3 Å². The van der Waals surface area contributed by atoms with Gasteiger partial charge in [-0.05, 0) is 6.42 Å². The predicted molar refractivity (Wildman–Crippen MR) is 66.3 cm³/mol. The third kappa shape index (κ3) is 5.45. The number of hydrogen-bond acceptors (Lipinski definition) is 3. The van der Waals surface area contributed by atoms with E-state index in [9.17, 15) is 14.4 Å². The number of imide groups is 1. The molecule has 6 nitrogen and oxygen atoms in total. The van der Waals surface area contributed by atoms with Crippen molar-refractivity contribution in [1.82, 2.24) is 15.8 Å². The lowest BCUT2D eigenvalue weighted by Crippen LogP contribution is -2.54. The highest BCUT2D eigenvalue weighted by molar-refractivity contribution is 9.09. The van der Waals surface area contributed by atoms with Gasteiger partial charge in [-0.3, -0.25) is 15.0 Å². The second kappa shape index (κ2) is 8.51. The minimum absolute atomic E-state index is 0.0140. The molecule has 0 radical (unpaired) electrons. The van der Waals surface area contributed by atoms with E-state index in [1.807, 2.05) is 6.92 Å². The summed E-state index contributed by atoms with van der Waals surface area (Å²) in [5.74, 6) is -1.01. The van der Waals surface area contributed by atoms with Gasteiger partial charge < -0.3 is 5.32 Å². The highest BCUT2D eigenvalue weighted by atomic mass is 79.9. The van der Waals surface area contributed by atoms with Crippen molar-refractivity contribution in [3.63, 3.8) is 0 Å². The maximum atomic E-state index is 11.5. The van der Waals surface area contributed by atoms with Crippen LogP contribution < -0.4 is 10.7 Å². The van der Waals surface area contributed by atoms with Crippen LogP contribution in [0.2, 0.25) is 0 Å². The monoisotopic (exact) mass is 357 g/mol. The molecule has 0 saturated carbocycles. The van der Waals surface area contributed by atoms with Gasteiger partial charge in [-0.2, -0.15) is 5.01 Å². The first-order valence-corrected chi connectivity index (χ1v) is 6.83. The number of urea groups is 1. The predicted octanol–water partition coefficient (Wildman–Crippen LogP) is 0.756. The second-order valence-corrected chi connectivity index (χ2v) is 3.88. The quantitative estimate of drug-likeness (QED) is 0.575. The topological polar surface area (TPSA) is 78.5 Å². The van der Waals surface area contributed by atoms with Crippen LogP contribution in [0.4, 0.5) is 4.79 Å². The number of alkyl halides is 2. The Labute approximate surface area is 110 Å². The number of nitrogens with one attached hydrogen (secondary N) is 2. The van der Waals surface area contributed by atoms with E-state index in [-0.39, 0.29) is 10.7 Å². The number of nitrogens with zero attached hydrogens (tertiary/aromatic N) is 1. The van der Waals surface area contributed by atoms with E-state index in [4.69, 9.17) is 0 Å². The molecule has 0 bridgehead atoms. The second-order valence-electron chi connectivity index (χ2n) is 2.76. The van der Waals surface area contributed by atoms with Gasteiger partial charge in [0.1, 0.15) is 0 Å². The van der Waals surface area contributed by atoms with Crippen molar-refractivity contribution in [2.75, 3.05) is 17.2 Å². The van der Waals surface area contributed by atoms with Gasteiger partial charge in [0.2, 0.25) is 5.91 Å². The number of carbonyl (C=O) groups is 3. The lowest BCUT2D eigenvalue weighted by Gasteiger charge is -2.20. The van der Waals surface area contributed by atoms with Crippen LogP contribution in [-0.4, -0.2) is 40.1 Å². The van der Waals surface area contributed by atoms with Crippen LogP contribution in [-0.2, 0) is 9.59 Å². The zero-order valence-corrected chi connectivity index (χ0v) is 11.9. The SMILES string of the molecule is CCCNC(=O)N(NC(=O)CBr)C(=O)CBr. The summed E-state index contributed by atoms with van der Waals surface area (Å²) in [5, 5.41) is 3.12. The van der Waals surface area contributed by atoms with Gasteiger partial charge in [0, 0.05) is 6.54 Å². The van der Waals surface area contributed by atoms with E-state index >= 15 is 0 Å². The molecule has 0 aliphatic heterocycles. The first-order chi connectivity index (χ1) is 7.56. The van der Waals surface area contributed by atoms with Gasteiger partial charge >= 0.3 is 6.03 Å². The molecule has 16 heavy (non-hydrogen) atoms. The van der Waals surface area contributed by atoms with Crippen LogP contribution in [0.25, 0.3) is 0 Å². The van der Waals surface area contributed by atoms with Crippen LogP contribution in [0.15, 0.2) is 0 Å². The van der Waals surface area contributed by atoms with Crippen molar-refractivity contribution in [3.8, 4) is 0 Å². The van der Waals surface area contributed by atoms with E-state index in [1.165, 1.54) is 0 Å². The van der Waals surface area contributed by atoms with Gasteiger partial charge in [0.25, 0.3) is 5.91 Å². The molecule has 0 aliphatic rings. The highest BCUT2D eigenvalue weighted by Crippen LogP contribution is 1.93. The minimum Gasteiger partial charge on any atom is -0.336 e. The summed E-state index contributed by atoms with van der Waals surface area (Å²) in [7, 11) is 0. The summed E-state index contributed by atoms with van der Waals surface area (Å²) in [6, 6.07) is -0.638. The molecule has 2 N–H and O–H groups in total. The Bertz CT molecular complexity index is 273. The summed E-state index contributed by atoms with van der Waals surface area (Å²) in [6.45, 7) is 2.32. The molecule has 0 aliphatic carbocycles. The molecule has 92 valence electrons. The third-order valence-corrected chi connectivity index (χ3v) is 2.44. The Morgan fingerprint density at radius 2 is 1.81 bits per heavy atom. The van der Waals surface area contributed by atoms with Gasteiger partial charge in [-0.25, -0.2) is 4.79 Å². The van der Waals surface area contributed by atoms with Crippen LogP contribution in [0.3, 0.4) is 0 Å². The fraction of sp³-hybridized carbons (Fsp3) is 0.625. The van der Waals surface area contributed by atoms with E-state index < -0.39 is 17.8 Å². The van der Waals surface area contributed by atoms with Crippen molar-refractivity contribution in [1.29, 1.82) is 0 Å². The zero-order chi connectivity index (χ0) is 12.6. The van der Waals surface area contributed by atoms with Crippen molar-refractivity contribution in [2.24, 2.45) is 0 Å². The van der Waals surface area contributed by atoms with E-state index in [1.54, 1.807) is 0 Å². The number of amides is 4. The summed E-state index contributed by atoms with van der Waals surface area (Å²) in [5.41, 5.74) is 2.18. The normalized spacial score (nSPS) is 9.44. The van der Waals surface area contributed by atoms with Crippen LogP contribution in [0, 0.1) is 0 Å². The van der Waals surface area contributed by atoms with E-state index in [0.717, 1.165) is 6.42 Å². The third-order valence-electron chi connectivity index (χ3n) is 1.45. The molecular weight excluding hydrogens is 346 g/mol. The number of hydrogen-bond donors (Lipinski definition) is 2. The fourth-order valence-electron chi connectivity index (χ4n) is 0.752. The molecule has 0 saturated heterocycles. The summed E-state index contributed by atoms with van der Waals surface area (Å²) in [4.78, 5) is 33.9. The molecule has 0 unspecified atom stereocenters. The lowest BCUT2D eigenvalue weighted by atomic mass is 10.5. The molecule has 0 aromatic heterocycles. The summed E-state index contributed by atoms with van der Waals surface area (Å²) >= 11 is 5.85. The Morgan fingerprint density at radius 3 is 2.25 bits per heavy atom.